The van der Waals surface area contributed by atoms with E-state index in [1.165, 1.54) is 24.3 Å². The lowest BCUT2D eigenvalue weighted by Gasteiger charge is -2.35. The van der Waals surface area contributed by atoms with Gasteiger partial charge in [-0.1, -0.05) is 30.3 Å². The number of hydrogen-bond donors (Lipinski definition) is 1. The summed E-state index contributed by atoms with van der Waals surface area (Å²) in [7, 11) is 0. The van der Waals surface area contributed by atoms with Gasteiger partial charge in [-0.2, -0.15) is 26.3 Å². The lowest BCUT2D eigenvalue weighted by molar-refractivity contribution is -0.379. The van der Waals surface area contributed by atoms with Crippen molar-refractivity contribution in [3.63, 3.8) is 0 Å². The minimum atomic E-state index is -5.64. The van der Waals surface area contributed by atoms with Gasteiger partial charge in [0.05, 0.1) is 6.61 Å². The predicted octanol–water partition coefficient (Wildman–Crippen LogP) is 3.03. The van der Waals surface area contributed by atoms with Crippen LogP contribution in [0.15, 0.2) is 30.3 Å². The Bertz CT molecular complexity index is 386. The molecule has 0 spiro atoms. The summed E-state index contributed by atoms with van der Waals surface area (Å²) in [5, 5.41) is 0. The second-order valence-corrected chi connectivity index (χ2v) is 3.80. The van der Waals surface area contributed by atoms with Gasteiger partial charge in [0.1, 0.15) is 0 Å². The van der Waals surface area contributed by atoms with E-state index in [2.05, 4.69) is 10.5 Å². The molecule has 19 heavy (non-hydrogen) atoms. The van der Waals surface area contributed by atoms with Gasteiger partial charge in [0, 0.05) is 6.54 Å². The Morgan fingerprint density at radius 2 is 1.37 bits per heavy atom. The molecule has 0 amide bonds. The van der Waals surface area contributed by atoms with Crippen molar-refractivity contribution in [3.8, 4) is 0 Å². The van der Waals surface area contributed by atoms with Crippen molar-refractivity contribution < 1.29 is 31.1 Å². The highest BCUT2D eigenvalue weighted by atomic mass is 19.4. The molecule has 0 saturated carbocycles. The van der Waals surface area contributed by atoms with Gasteiger partial charge in [0.2, 0.25) is 0 Å². The Balaban J connectivity index is 2.99. The molecular weight excluding hydrogens is 276 g/mol. The summed E-state index contributed by atoms with van der Waals surface area (Å²) in [5.74, 6) is 0. The molecule has 0 aliphatic rings. The van der Waals surface area contributed by atoms with Crippen molar-refractivity contribution in [1.29, 1.82) is 0 Å². The van der Waals surface area contributed by atoms with E-state index in [0.717, 1.165) is 0 Å². The van der Waals surface area contributed by atoms with Crippen molar-refractivity contribution in [2.45, 2.75) is 24.6 Å². The second-order valence-electron chi connectivity index (χ2n) is 3.80. The normalized spacial score (nSPS) is 13.6. The summed E-state index contributed by atoms with van der Waals surface area (Å²) in [6, 6.07) is 7.24. The van der Waals surface area contributed by atoms with Gasteiger partial charge in [-0.15, -0.1) is 0 Å². The molecule has 1 aromatic carbocycles. The highest BCUT2D eigenvalue weighted by molar-refractivity contribution is 5.14. The van der Waals surface area contributed by atoms with Crippen LogP contribution in [0.2, 0.25) is 0 Å². The third-order valence-electron chi connectivity index (χ3n) is 2.53. The molecule has 0 saturated heterocycles. The molecule has 1 rings (SSSR count). The van der Waals surface area contributed by atoms with Gasteiger partial charge >= 0.3 is 12.4 Å². The van der Waals surface area contributed by atoms with E-state index >= 15 is 0 Å². The first-order chi connectivity index (χ1) is 8.64. The van der Waals surface area contributed by atoms with Gasteiger partial charge in [-0.25, -0.2) is 0 Å². The Kier molecular flexibility index (Phi) is 4.46. The van der Waals surface area contributed by atoms with Crippen LogP contribution in [0.3, 0.4) is 0 Å². The van der Waals surface area contributed by atoms with Gasteiger partial charge in [-0.05, 0) is 5.56 Å². The topological polar surface area (TPSA) is 35.2 Å². The Labute approximate surface area is 105 Å². The lowest BCUT2D eigenvalue weighted by Crippen LogP contribution is -2.63. The largest absolute Gasteiger partial charge is 0.427 e. The van der Waals surface area contributed by atoms with Crippen molar-refractivity contribution >= 4 is 0 Å². The van der Waals surface area contributed by atoms with E-state index in [1.807, 2.05) is 0 Å². The van der Waals surface area contributed by atoms with Crippen molar-refractivity contribution in [2.75, 3.05) is 6.54 Å². The second kappa shape index (κ2) is 5.38. The smallest absolute Gasteiger partial charge is 0.352 e. The SMILES string of the molecule is NCC(OCc1ccccc1)(C(F)(F)F)C(F)(F)F. The summed E-state index contributed by atoms with van der Waals surface area (Å²) in [5.41, 5.74) is 0.517. The minimum absolute atomic E-state index is 0.189. The maximum Gasteiger partial charge on any atom is 0.427 e. The van der Waals surface area contributed by atoms with Crippen LogP contribution in [0.5, 0.6) is 0 Å². The van der Waals surface area contributed by atoms with E-state index in [0.29, 0.717) is 0 Å². The zero-order chi connectivity index (χ0) is 14.7. The maximum absolute atomic E-state index is 12.6. The van der Waals surface area contributed by atoms with Crippen LogP contribution in [0, 0.1) is 0 Å². The van der Waals surface area contributed by atoms with Gasteiger partial charge in [0.15, 0.2) is 0 Å². The molecule has 0 atom stereocenters. The first-order valence-corrected chi connectivity index (χ1v) is 5.15. The van der Waals surface area contributed by atoms with Gasteiger partial charge in [0.25, 0.3) is 5.60 Å². The molecule has 0 aromatic heterocycles. The molecule has 8 heteroatoms. The van der Waals surface area contributed by atoms with Crippen LogP contribution in [0.25, 0.3) is 0 Å². The number of ether oxygens (including phenoxy) is 1. The van der Waals surface area contributed by atoms with E-state index in [4.69, 9.17) is 0 Å². The van der Waals surface area contributed by atoms with Crippen LogP contribution < -0.4 is 5.73 Å². The fourth-order valence-electron chi connectivity index (χ4n) is 1.40. The first-order valence-electron chi connectivity index (χ1n) is 5.15. The maximum atomic E-state index is 12.6. The predicted molar refractivity (Wildman–Crippen MR) is 55.1 cm³/mol. The molecule has 0 bridgehead atoms. The lowest BCUT2D eigenvalue weighted by atomic mass is 10.0. The Morgan fingerprint density at radius 3 is 1.74 bits per heavy atom. The Hall–Kier alpha value is -1.28. The van der Waals surface area contributed by atoms with E-state index in [9.17, 15) is 26.3 Å². The van der Waals surface area contributed by atoms with E-state index in [-0.39, 0.29) is 5.56 Å². The van der Waals surface area contributed by atoms with Gasteiger partial charge < -0.3 is 10.5 Å². The van der Waals surface area contributed by atoms with Crippen LogP contribution in [0.1, 0.15) is 5.56 Å². The first kappa shape index (κ1) is 15.8. The van der Waals surface area contributed by atoms with Crippen LogP contribution in [-0.2, 0) is 11.3 Å². The van der Waals surface area contributed by atoms with Crippen LogP contribution >= 0.6 is 0 Å². The van der Waals surface area contributed by atoms with Crippen LogP contribution in [0.4, 0.5) is 26.3 Å². The summed E-state index contributed by atoms with van der Waals surface area (Å²) in [4.78, 5) is 0. The minimum Gasteiger partial charge on any atom is -0.352 e. The average Bonchev–Trinajstić information content (AvgIpc) is 2.28. The quantitative estimate of drug-likeness (QED) is 0.864. The molecule has 0 fully saturated rings. The van der Waals surface area contributed by atoms with Crippen molar-refractivity contribution in [1.82, 2.24) is 0 Å². The molecule has 2 nitrogen and oxygen atoms in total. The number of hydrogen-bond acceptors (Lipinski definition) is 2. The van der Waals surface area contributed by atoms with Crippen LogP contribution in [-0.4, -0.2) is 24.5 Å². The number of benzene rings is 1. The molecule has 0 radical (unpaired) electrons. The molecule has 2 N–H and O–H groups in total. The highest BCUT2D eigenvalue weighted by Gasteiger charge is 2.71. The standard InChI is InChI=1S/C11H11F6NO/c12-10(13,14)9(7-18,11(15,16)17)19-6-8-4-2-1-3-5-8/h1-5H,6-7,18H2. The molecule has 0 aliphatic heterocycles. The fraction of sp³-hybridized carbons (Fsp3) is 0.455. The number of alkyl halides is 6. The van der Waals surface area contributed by atoms with Crippen molar-refractivity contribution in [3.05, 3.63) is 35.9 Å². The summed E-state index contributed by atoms with van der Waals surface area (Å²) < 4.78 is 80.0. The average molecular weight is 287 g/mol. The van der Waals surface area contributed by atoms with Gasteiger partial charge in [-0.3, -0.25) is 0 Å². The summed E-state index contributed by atoms with van der Waals surface area (Å²) in [6.45, 7) is -2.57. The third-order valence-corrected chi connectivity index (χ3v) is 2.53. The monoisotopic (exact) mass is 287 g/mol. The number of rotatable bonds is 4. The highest BCUT2D eigenvalue weighted by Crippen LogP contribution is 2.45. The van der Waals surface area contributed by atoms with E-state index in [1.54, 1.807) is 6.07 Å². The number of nitrogens with two attached hydrogens (primary N) is 1. The molecule has 0 aliphatic carbocycles. The zero-order valence-electron chi connectivity index (χ0n) is 9.55. The molecular formula is C11H11F6NO. The molecule has 108 valence electrons. The summed E-state index contributed by atoms with van der Waals surface area (Å²) >= 11 is 0. The molecule has 0 heterocycles. The molecule has 1 aromatic rings. The zero-order valence-corrected chi connectivity index (χ0v) is 9.55. The summed E-state index contributed by atoms with van der Waals surface area (Å²) in [6.07, 6.45) is -11.3. The Morgan fingerprint density at radius 1 is 0.895 bits per heavy atom. The molecule has 0 unspecified atom stereocenters. The fourth-order valence-corrected chi connectivity index (χ4v) is 1.40. The van der Waals surface area contributed by atoms with Crippen molar-refractivity contribution in [2.24, 2.45) is 5.73 Å². The number of halogens is 6. The third kappa shape index (κ3) is 3.19. The van der Waals surface area contributed by atoms with E-state index < -0.39 is 31.1 Å².